The topological polar surface area (TPSA) is 38.2 Å². The Morgan fingerprint density at radius 1 is 1.50 bits per heavy atom. The molecular weight excluding hydrogens is 242 g/mol. The van der Waals surface area contributed by atoms with Crippen LogP contribution in [0.3, 0.4) is 0 Å². The zero-order valence-electron chi connectivity index (χ0n) is 6.36. The number of ether oxygens (including phenoxy) is 1. The number of hydrogen-bond acceptors (Lipinski definition) is 5. The van der Waals surface area contributed by atoms with Gasteiger partial charge in [0.05, 0.1) is 6.61 Å². The SMILES string of the molecule is Brc1nnc(N2CCCOC2)s1. The van der Waals surface area contributed by atoms with Gasteiger partial charge in [-0.2, -0.15) is 0 Å². The van der Waals surface area contributed by atoms with Gasteiger partial charge in [-0.3, -0.25) is 0 Å². The van der Waals surface area contributed by atoms with Crippen LogP contribution in [0.1, 0.15) is 6.42 Å². The predicted molar refractivity (Wildman–Crippen MR) is 50.4 cm³/mol. The van der Waals surface area contributed by atoms with Crippen LogP contribution in [0.25, 0.3) is 0 Å². The first-order valence-electron chi connectivity index (χ1n) is 3.68. The van der Waals surface area contributed by atoms with Gasteiger partial charge < -0.3 is 9.64 Å². The molecule has 1 aromatic rings. The highest BCUT2D eigenvalue weighted by Gasteiger charge is 2.14. The molecule has 1 aliphatic rings. The molecule has 0 aromatic carbocycles. The summed E-state index contributed by atoms with van der Waals surface area (Å²) in [5.74, 6) is 0. The van der Waals surface area contributed by atoms with Crippen LogP contribution >= 0.6 is 27.3 Å². The molecule has 0 spiro atoms. The number of nitrogens with zero attached hydrogens (tertiary/aromatic N) is 3. The van der Waals surface area contributed by atoms with E-state index in [0.29, 0.717) is 6.73 Å². The largest absolute Gasteiger partial charge is 0.361 e. The first kappa shape index (κ1) is 8.40. The molecule has 6 heteroatoms. The lowest BCUT2D eigenvalue weighted by atomic mass is 10.4. The fourth-order valence-corrected chi connectivity index (χ4v) is 2.17. The number of anilines is 1. The van der Waals surface area contributed by atoms with Gasteiger partial charge in [0.2, 0.25) is 5.13 Å². The first-order valence-corrected chi connectivity index (χ1v) is 5.29. The summed E-state index contributed by atoms with van der Waals surface area (Å²) in [6, 6.07) is 0. The maximum absolute atomic E-state index is 5.30. The molecule has 0 aliphatic carbocycles. The Morgan fingerprint density at radius 3 is 3.00 bits per heavy atom. The van der Waals surface area contributed by atoms with Gasteiger partial charge in [0.1, 0.15) is 6.73 Å². The molecule has 0 saturated carbocycles. The minimum atomic E-state index is 0.641. The molecule has 0 N–H and O–H groups in total. The fraction of sp³-hybridized carbons (Fsp3) is 0.667. The van der Waals surface area contributed by atoms with Gasteiger partial charge in [0.25, 0.3) is 0 Å². The lowest BCUT2D eigenvalue weighted by Crippen LogP contribution is -2.32. The van der Waals surface area contributed by atoms with Crippen molar-refractivity contribution in [2.45, 2.75) is 6.42 Å². The van der Waals surface area contributed by atoms with Gasteiger partial charge in [-0.25, -0.2) is 0 Å². The molecule has 1 saturated heterocycles. The van der Waals surface area contributed by atoms with Crippen LogP contribution in [0.4, 0.5) is 5.13 Å². The number of aromatic nitrogens is 2. The summed E-state index contributed by atoms with van der Waals surface area (Å²) in [4.78, 5) is 2.09. The Morgan fingerprint density at radius 2 is 2.42 bits per heavy atom. The van der Waals surface area contributed by atoms with Crippen molar-refractivity contribution in [2.24, 2.45) is 0 Å². The lowest BCUT2D eigenvalue weighted by Gasteiger charge is -2.25. The fourth-order valence-electron chi connectivity index (χ4n) is 1.07. The Kier molecular flexibility index (Phi) is 2.57. The Labute approximate surface area is 82.7 Å². The summed E-state index contributed by atoms with van der Waals surface area (Å²) >= 11 is 4.81. The quantitative estimate of drug-likeness (QED) is 0.756. The van der Waals surface area contributed by atoms with Gasteiger partial charge in [-0.15, -0.1) is 10.2 Å². The van der Waals surface area contributed by atoms with Gasteiger partial charge in [0.15, 0.2) is 3.92 Å². The summed E-state index contributed by atoms with van der Waals surface area (Å²) in [5.41, 5.74) is 0. The van der Waals surface area contributed by atoms with Gasteiger partial charge in [-0.05, 0) is 22.4 Å². The Hall–Kier alpha value is -0.200. The van der Waals surface area contributed by atoms with Crippen molar-refractivity contribution in [3.63, 3.8) is 0 Å². The molecule has 0 radical (unpaired) electrons. The third kappa shape index (κ3) is 1.75. The van der Waals surface area contributed by atoms with E-state index in [4.69, 9.17) is 4.74 Å². The second kappa shape index (κ2) is 3.68. The lowest BCUT2D eigenvalue weighted by molar-refractivity contribution is 0.107. The smallest absolute Gasteiger partial charge is 0.210 e. The molecule has 1 aliphatic heterocycles. The highest BCUT2D eigenvalue weighted by molar-refractivity contribution is 9.11. The third-order valence-electron chi connectivity index (χ3n) is 1.62. The molecule has 0 unspecified atom stereocenters. The van der Waals surface area contributed by atoms with Crippen LogP contribution in [0, 0.1) is 0 Å². The zero-order chi connectivity index (χ0) is 8.39. The van der Waals surface area contributed by atoms with Gasteiger partial charge in [-0.1, -0.05) is 11.3 Å². The molecule has 0 atom stereocenters. The van der Waals surface area contributed by atoms with Crippen LogP contribution in [-0.2, 0) is 4.74 Å². The zero-order valence-corrected chi connectivity index (χ0v) is 8.77. The van der Waals surface area contributed by atoms with E-state index in [1.807, 2.05) is 0 Å². The monoisotopic (exact) mass is 249 g/mol. The van der Waals surface area contributed by atoms with Crippen LogP contribution in [0.5, 0.6) is 0 Å². The van der Waals surface area contributed by atoms with Gasteiger partial charge >= 0.3 is 0 Å². The summed E-state index contributed by atoms with van der Waals surface area (Å²) in [6.45, 7) is 2.51. The Balaban J connectivity index is 2.08. The van der Waals surface area contributed by atoms with Crippen molar-refractivity contribution in [2.75, 3.05) is 24.8 Å². The summed E-state index contributed by atoms with van der Waals surface area (Å²) in [6.07, 6.45) is 1.07. The van der Waals surface area contributed by atoms with Crippen LogP contribution in [-0.4, -0.2) is 30.1 Å². The summed E-state index contributed by atoms with van der Waals surface area (Å²) in [7, 11) is 0. The number of rotatable bonds is 1. The molecule has 1 aromatic heterocycles. The van der Waals surface area contributed by atoms with Gasteiger partial charge in [0, 0.05) is 6.54 Å². The van der Waals surface area contributed by atoms with E-state index in [1.54, 1.807) is 0 Å². The maximum Gasteiger partial charge on any atom is 0.210 e. The van der Waals surface area contributed by atoms with Crippen molar-refractivity contribution >= 4 is 32.4 Å². The standard InChI is InChI=1S/C6H8BrN3OS/c7-5-8-9-6(12-5)10-2-1-3-11-4-10/h1-4H2. The number of halogens is 1. The van der Waals surface area contributed by atoms with E-state index in [1.165, 1.54) is 11.3 Å². The van der Waals surface area contributed by atoms with E-state index < -0.39 is 0 Å². The molecule has 0 bridgehead atoms. The predicted octanol–water partition coefficient (Wildman–Crippen LogP) is 1.48. The normalized spacial score (nSPS) is 18.2. The first-order chi connectivity index (χ1) is 5.86. The molecule has 1 fully saturated rings. The van der Waals surface area contributed by atoms with Crippen LogP contribution in [0.15, 0.2) is 3.92 Å². The molecule has 66 valence electrons. The van der Waals surface area contributed by atoms with Crippen molar-refractivity contribution < 1.29 is 4.74 Å². The molecule has 12 heavy (non-hydrogen) atoms. The number of hydrogen-bond donors (Lipinski definition) is 0. The van der Waals surface area contributed by atoms with E-state index in [-0.39, 0.29) is 0 Å². The van der Waals surface area contributed by atoms with E-state index in [2.05, 4.69) is 31.0 Å². The molecule has 2 rings (SSSR count). The van der Waals surface area contributed by atoms with Crippen molar-refractivity contribution in [3.8, 4) is 0 Å². The second-order valence-corrected chi connectivity index (χ2v) is 4.72. The average molecular weight is 250 g/mol. The molecule has 0 amide bonds. The highest BCUT2D eigenvalue weighted by atomic mass is 79.9. The Bertz CT molecular complexity index is 261. The second-order valence-electron chi connectivity index (χ2n) is 2.49. The van der Waals surface area contributed by atoms with E-state index in [9.17, 15) is 0 Å². The minimum absolute atomic E-state index is 0.641. The van der Waals surface area contributed by atoms with Crippen molar-refractivity contribution in [1.82, 2.24) is 10.2 Å². The summed E-state index contributed by atoms with van der Waals surface area (Å²) < 4.78 is 6.12. The minimum Gasteiger partial charge on any atom is -0.361 e. The molecule has 2 heterocycles. The van der Waals surface area contributed by atoms with Crippen LogP contribution < -0.4 is 4.90 Å². The van der Waals surface area contributed by atoms with E-state index >= 15 is 0 Å². The van der Waals surface area contributed by atoms with Crippen molar-refractivity contribution in [3.05, 3.63) is 3.92 Å². The third-order valence-corrected chi connectivity index (χ3v) is 3.04. The van der Waals surface area contributed by atoms with Crippen molar-refractivity contribution in [1.29, 1.82) is 0 Å². The van der Waals surface area contributed by atoms with E-state index in [0.717, 1.165) is 28.6 Å². The molecule has 4 nitrogen and oxygen atoms in total. The highest BCUT2D eigenvalue weighted by Crippen LogP contribution is 2.24. The molecular formula is C6H8BrN3OS. The average Bonchev–Trinajstić information content (AvgIpc) is 2.54. The van der Waals surface area contributed by atoms with Crippen LogP contribution in [0.2, 0.25) is 0 Å². The maximum atomic E-state index is 5.30. The summed E-state index contributed by atoms with van der Waals surface area (Å²) in [5, 5.41) is 8.82.